The molecule has 1 fully saturated rings. The van der Waals surface area contributed by atoms with E-state index in [0.29, 0.717) is 48.4 Å². The Hall–Kier alpha value is -4.18. The predicted molar refractivity (Wildman–Crippen MR) is 143 cm³/mol. The van der Waals surface area contributed by atoms with Crippen LogP contribution in [-0.2, 0) is 27.2 Å². The zero-order chi connectivity index (χ0) is 27.0. The van der Waals surface area contributed by atoms with Crippen LogP contribution in [0.25, 0.3) is 22.6 Å². The van der Waals surface area contributed by atoms with Crippen molar-refractivity contribution in [3.63, 3.8) is 0 Å². The molecule has 1 aliphatic heterocycles. The number of benzene rings is 1. The van der Waals surface area contributed by atoms with Crippen molar-refractivity contribution in [2.24, 2.45) is 5.92 Å². The number of hydrogen-bond donors (Lipinski definition) is 3. The Morgan fingerprint density at radius 2 is 2.00 bits per heavy atom. The highest BCUT2D eigenvalue weighted by Crippen LogP contribution is 2.30. The van der Waals surface area contributed by atoms with Crippen LogP contribution in [0.2, 0.25) is 0 Å². The van der Waals surface area contributed by atoms with Crippen molar-refractivity contribution in [1.29, 1.82) is 5.26 Å². The molecular formula is C27H26FN7O3S. The molecule has 0 radical (unpaired) electrons. The average Bonchev–Trinajstić information content (AvgIpc) is 3.63. The number of aromatic nitrogens is 4. The summed E-state index contributed by atoms with van der Waals surface area (Å²) in [5.41, 5.74) is 2.61. The Labute approximate surface area is 228 Å². The number of aromatic amines is 1. The quantitative estimate of drug-likeness (QED) is 0.254. The van der Waals surface area contributed by atoms with Crippen LogP contribution in [0.3, 0.4) is 0 Å². The molecule has 4 aromatic rings. The fourth-order valence-corrected chi connectivity index (χ4v) is 4.68. The maximum Gasteiger partial charge on any atom is 0.227 e. The van der Waals surface area contributed by atoms with Crippen molar-refractivity contribution in [2.45, 2.75) is 25.7 Å². The number of ether oxygens (including phenoxy) is 2. The standard InChI is InChI=1S/C27H26FN7O3S/c28-19-6-4-17(5-7-19)24-25(21-8-11-31-27(33-21)32-14-20-3-1-12-39-20)35-22(34-24)13-23-37-15-18(16-38-23)26(36)30-10-2-9-29/h1,3-8,11-12,18,23H,2,10,13-16H2,(H,30,36)(H,34,35)(H,31,32,33). The number of hydrogen-bond acceptors (Lipinski definition) is 9. The molecule has 0 saturated carbocycles. The lowest BCUT2D eigenvalue weighted by molar-refractivity contribution is -0.200. The summed E-state index contributed by atoms with van der Waals surface area (Å²) < 4.78 is 25.2. The molecule has 0 bridgehead atoms. The third-order valence-electron chi connectivity index (χ3n) is 6.02. The van der Waals surface area contributed by atoms with Gasteiger partial charge in [0.25, 0.3) is 0 Å². The second kappa shape index (κ2) is 12.6. The highest BCUT2D eigenvalue weighted by molar-refractivity contribution is 7.09. The number of carbonyl (C=O) groups excluding carboxylic acids is 1. The van der Waals surface area contributed by atoms with Crippen LogP contribution in [0.5, 0.6) is 0 Å². The van der Waals surface area contributed by atoms with E-state index < -0.39 is 12.2 Å². The van der Waals surface area contributed by atoms with Gasteiger partial charge in [-0.25, -0.2) is 19.3 Å². The highest BCUT2D eigenvalue weighted by Gasteiger charge is 2.28. The van der Waals surface area contributed by atoms with Gasteiger partial charge < -0.3 is 25.1 Å². The van der Waals surface area contributed by atoms with E-state index in [9.17, 15) is 9.18 Å². The minimum atomic E-state index is -0.596. The SMILES string of the molecule is N#CCCNC(=O)C1COC(Cc2nc(-c3ccc(F)cc3)c(-c3ccnc(NCc4cccs4)n3)[nH]2)OC1. The van der Waals surface area contributed by atoms with Crippen LogP contribution in [0.1, 0.15) is 17.1 Å². The number of nitrogens with one attached hydrogen (secondary N) is 3. The van der Waals surface area contributed by atoms with Crippen molar-refractivity contribution in [1.82, 2.24) is 25.3 Å². The third-order valence-corrected chi connectivity index (χ3v) is 6.89. The maximum absolute atomic E-state index is 13.6. The summed E-state index contributed by atoms with van der Waals surface area (Å²) >= 11 is 1.65. The molecule has 3 N–H and O–H groups in total. The van der Waals surface area contributed by atoms with Crippen LogP contribution < -0.4 is 10.6 Å². The lowest BCUT2D eigenvalue weighted by atomic mass is 10.1. The molecule has 1 aromatic carbocycles. The Kier molecular flexibility index (Phi) is 8.52. The summed E-state index contributed by atoms with van der Waals surface area (Å²) in [6.45, 7) is 1.30. The average molecular weight is 548 g/mol. The number of thiophene rings is 1. The minimum absolute atomic E-state index is 0.199. The number of amides is 1. The van der Waals surface area contributed by atoms with Crippen molar-refractivity contribution in [2.75, 3.05) is 25.1 Å². The summed E-state index contributed by atoms with van der Waals surface area (Å²) in [7, 11) is 0. The number of nitrogens with zero attached hydrogens (tertiary/aromatic N) is 4. The number of rotatable bonds is 10. The van der Waals surface area contributed by atoms with Gasteiger partial charge in [0.2, 0.25) is 11.9 Å². The van der Waals surface area contributed by atoms with Crippen LogP contribution in [0.4, 0.5) is 10.3 Å². The Morgan fingerprint density at radius 1 is 1.18 bits per heavy atom. The number of anilines is 1. The van der Waals surface area contributed by atoms with Gasteiger partial charge in [0.1, 0.15) is 11.6 Å². The molecule has 5 rings (SSSR count). The first kappa shape index (κ1) is 26.4. The fraction of sp³-hybridized carbons (Fsp3) is 0.296. The number of nitriles is 1. The van der Waals surface area contributed by atoms with Crippen LogP contribution in [0.15, 0.2) is 54.0 Å². The molecule has 0 unspecified atom stereocenters. The molecular weight excluding hydrogens is 521 g/mol. The second-order valence-corrected chi connectivity index (χ2v) is 9.84. The van der Waals surface area contributed by atoms with Crippen molar-refractivity contribution in [3.8, 4) is 28.7 Å². The largest absolute Gasteiger partial charge is 0.355 e. The topological polar surface area (TPSA) is 138 Å². The molecule has 1 saturated heterocycles. The summed E-state index contributed by atoms with van der Waals surface area (Å²) in [5, 5.41) is 16.6. The van der Waals surface area contributed by atoms with E-state index >= 15 is 0 Å². The van der Waals surface area contributed by atoms with E-state index in [1.165, 1.54) is 12.1 Å². The first-order valence-electron chi connectivity index (χ1n) is 12.4. The van der Waals surface area contributed by atoms with Crippen molar-refractivity contribution in [3.05, 3.63) is 70.6 Å². The number of H-pyrrole nitrogens is 1. The van der Waals surface area contributed by atoms with E-state index in [0.717, 1.165) is 10.4 Å². The molecule has 10 nitrogen and oxygen atoms in total. The molecule has 200 valence electrons. The molecule has 4 heterocycles. The van der Waals surface area contributed by atoms with Gasteiger partial charge in [-0.3, -0.25) is 4.79 Å². The van der Waals surface area contributed by atoms with Crippen molar-refractivity contribution >= 4 is 23.2 Å². The van der Waals surface area contributed by atoms with Gasteiger partial charge in [-0.05, 0) is 41.8 Å². The lowest BCUT2D eigenvalue weighted by Crippen LogP contribution is -2.42. The van der Waals surface area contributed by atoms with E-state index in [2.05, 4.69) is 25.6 Å². The Bertz CT molecular complexity index is 1430. The Morgan fingerprint density at radius 3 is 2.74 bits per heavy atom. The lowest BCUT2D eigenvalue weighted by Gasteiger charge is -2.28. The smallest absolute Gasteiger partial charge is 0.227 e. The predicted octanol–water partition coefficient (Wildman–Crippen LogP) is 3.91. The monoisotopic (exact) mass is 547 g/mol. The minimum Gasteiger partial charge on any atom is -0.355 e. The molecule has 0 atom stereocenters. The summed E-state index contributed by atoms with van der Waals surface area (Å²) in [6.07, 6.45) is 1.63. The summed E-state index contributed by atoms with van der Waals surface area (Å²) in [5.74, 6) is 0.0873. The van der Waals surface area contributed by atoms with Gasteiger partial charge in [0.05, 0.1) is 61.7 Å². The zero-order valence-corrected chi connectivity index (χ0v) is 21.7. The van der Waals surface area contributed by atoms with Gasteiger partial charge in [-0.15, -0.1) is 11.3 Å². The first-order valence-corrected chi connectivity index (χ1v) is 13.3. The second-order valence-electron chi connectivity index (χ2n) is 8.81. The van der Waals surface area contributed by atoms with Gasteiger partial charge >= 0.3 is 0 Å². The van der Waals surface area contributed by atoms with E-state index in [1.807, 2.05) is 23.6 Å². The van der Waals surface area contributed by atoms with Crippen LogP contribution in [0, 0.1) is 23.1 Å². The van der Waals surface area contributed by atoms with E-state index in [4.69, 9.17) is 19.7 Å². The van der Waals surface area contributed by atoms with E-state index in [1.54, 1.807) is 35.7 Å². The van der Waals surface area contributed by atoms with Crippen LogP contribution >= 0.6 is 11.3 Å². The Balaban J connectivity index is 1.32. The number of carbonyl (C=O) groups is 1. The van der Waals surface area contributed by atoms with E-state index in [-0.39, 0.29) is 31.4 Å². The van der Waals surface area contributed by atoms with Gasteiger partial charge in [-0.2, -0.15) is 5.26 Å². The summed E-state index contributed by atoms with van der Waals surface area (Å²) in [6, 6.07) is 13.9. The molecule has 12 heteroatoms. The summed E-state index contributed by atoms with van der Waals surface area (Å²) in [4.78, 5) is 30.5. The van der Waals surface area contributed by atoms with Gasteiger partial charge in [-0.1, -0.05) is 6.07 Å². The normalized spacial score (nSPS) is 16.9. The van der Waals surface area contributed by atoms with Gasteiger partial charge in [0, 0.05) is 23.2 Å². The van der Waals surface area contributed by atoms with Crippen LogP contribution in [-0.4, -0.2) is 51.9 Å². The van der Waals surface area contributed by atoms with Crippen molar-refractivity contribution < 1.29 is 18.7 Å². The number of halogens is 1. The molecule has 1 aliphatic rings. The molecule has 39 heavy (non-hydrogen) atoms. The maximum atomic E-state index is 13.6. The molecule has 0 aliphatic carbocycles. The molecule has 1 amide bonds. The molecule has 3 aromatic heterocycles. The van der Waals surface area contributed by atoms with Gasteiger partial charge in [0.15, 0.2) is 6.29 Å². The molecule has 0 spiro atoms. The number of imidazole rings is 1. The first-order chi connectivity index (χ1) is 19.1. The highest BCUT2D eigenvalue weighted by atomic mass is 32.1. The zero-order valence-electron chi connectivity index (χ0n) is 20.9. The fourth-order valence-electron chi connectivity index (χ4n) is 4.04. The third kappa shape index (κ3) is 6.83.